The molecule has 2 N–H and O–H groups in total. The Morgan fingerprint density at radius 2 is 1.96 bits per heavy atom. The van der Waals surface area contributed by atoms with E-state index in [0.717, 1.165) is 18.7 Å². The summed E-state index contributed by atoms with van der Waals surface area (Å²) in [6, 6.07) is 7.66. The maximum Gasteiger partial charge on any atom is 0.223 e. The summed E-state index contributed by atoms with van der Waals surface area (Å²) in [5, 5.41) is 14.4. The molecule has 0 spiro atoms. The number of nitrogens with zero attached hydrogens (tertiary/aromatic N) is 3. The molecular weight excluding hydrogens is 294 g/mol. The van der Waals surface area contributed by atoms with E-state index in [1.807, 2.05) is 41.2 Å². The quantitative estimate of drug-likeness (QED) is 0.784. The van der Waals surface area contributed by atoms with Crippen molar-refractivity contribution in [3.63, 3.8) is 0 Å². The Bertz CT molecular complexity index is 606. The van der Waals surface area contributed by atoms with Gasteiger partial charge in [0.15, 0.2) is 5.82 Å². The fourth-order valence-electron chi connectivity index (χ4n) is 2.52. The van der Waals surface area contributed by atoms with Crippen LogP contribution in [0.15, 0.2) is 36.7 Å². The zero-order valence-corrected chi connectivity index (χ0v) is 12.9. The summed E-state index contributed by atoms with van der Waals surface area (Å²) < 4.78 is 7.15. The Hall–Kier alpha value is -2.41. The molecule has 7 nitrogen and oxygen atoms in total. The number of hydrogen-bond acceptors (Lipinski definition) is 5. The number of aromatic nitrogens is 3. The minimum Gasteiger partial charge on any atom is -0.381 e. The highest BCUT2D eigenvalue weighted by Crippen LogP contribution is 2.14. The van der Waals surface area contributed by atoms with Gasteiger partial charge in [-0.3, -0.25) is 4.79 Å². The van der Waals surface area contributed by atoms with Crippen LogP contribution in [-0.4, -0.2) is 47.0 Å². The average molecular weight is 315 g/mol. The highest BCUT2D eigenvalue weighted by atomic mass is 16.5. The first-order chi connectivity index (χ1) is 11.3. The van der Waals surface area contributed by atoms with Crippen LogP contribution in [0, 0.1) is 5.92 Å². The van der Waals surface area contributed by atoms with E-state index < -0.39 is 0 Å². The highest BCUT2D eigenvalue weighted by Gasteiger charge is 2.20. The molecule has 3 rings (SSSR count). The van der Waals surface area contributed by atoms with Crippen molar-refractivity contribution in [1.29, 1.82) is 0 Å². The molecule has 1 saturated heterocycles. The highest BCUT2D eigenvalue weighted by molar-refractivity contribution is 5.78. The van der Waals surface area contributed by atoms with Crippen LogP contribution < -0.4 is 10.6 Å². The van der Waals surface area contributed by atoms with Gasteiger partial charge in [0.05, 0.1) is 0 Å². The molecular formula is C16H21N5O2. The lowest BCUT2D eigenvalue weighted by Crippen LogP contribution is -2.36. The van der Waals surface area contributed by atoms with Gasteiger partial charge in [0, 0.05) is 44.6 Å². The fourth-order valence-corrected chi connectivity index (χ4v) is 2.52. The van der Waals surface area contributed by atoms with Gasteiger partial charge in [0.1, 0.15) is 5.82 Å². The second kappa shape index (κ2) is 7.73. The fraction of sp³-hybridized carbons (Fsp3) is 0.438. The molecule has 1 fully saturated rings. The molecule has 1 aliphatic rings. The Kier molecular flexibility index (Phi) is 5.21. The number of carbonyl (C=O) groups is 1. The Balaban J connectivity index is 1.39. The number of carbonyl (C=O) groups excluding carboxylic acids is 1. The summed E-state index contributed by atoms with van der Waals surface area (Å²) >= 11 is 0. The summed E-state index contributed by atoms with van der Waals surface area (Å²) in [6.45, 7) is 2.54. The van der Waals surface area contributed by atoms with Crippen molar-refractivity contribution in [3.05, 3.63) is 36.7 Å². The Labute approximate surface area is 135 Å². The molecule has 1 amide bonds. The summed E-state index contributed by atoms with van der Waals surface area (Å²) in [7, 11) is 0. The lowest BCUT2D eigenvalue weighted by Gasteiger charge is -2.21. The predicted molar refractivity (Wildman–Crippen MR) is 86.4 cm³/mol. The first-order valence-corrected chi connectivity index (χ1v) is 7.89. The van der Waals surface area contributed by atoms with Crippen molar-refractivity contribution in [1.82, 2.24) is 20.1 Å². The maximum atomic E-state index is 12.0. The Morgan fingerprint density at radius 1 is 1.17 bits per heavy atom. The third kappa shape index (κ3) is 4.29. The molecule has 23 heavy (non-hydrogen) atoms. The number of hydrogen-bond donors (Lipinski definition) is 2. The molecule has 2 aromatic heterocycles. The molecule has 0 aliphatic carbocycles. The van der Waals surface area contributed by atoms with Gasteiger partial charge in [-0.15, -0.1) is 10.2 Å². The van der Waals surface area contributed by atoms with Gasteiger partial charge in [-0.05, 0) is 37.1 Å². The summed E-state index contributed by atoms with van der Waals surface area (Å²) in [6.07, 6.45) is 5.46. The zero-order chi connectivity index (χ0) is 15.9. The van der Waals surface area contributed by atoms with Crippen molar-refractivity contribution < 1.29 is 9.53 Å². The molecule has 1 aliphatic heterocycles. The molecule has 7 heteroatoms. The van der Waals surface area contributed by atoms with E-state index >= 15 is 0 Å². The van der Waals surface area contributed by atoms with Crippen LogP contribution in [0.5, 0.6) is 0 Å². The topological polar surface area (TPSA) is 81.1 Å². The second-order valence-electron chi connectivity index (χ2n) is 5.47. The molecule has 0 aromatic carbocycles. The first-order valence-electron chi connectivity index (χ1n) is 7.89. The standard InChI is InChI=1S/C16H21N5O2/c22-16(13-5-11-23-12-6-13)18-8-7-17-14-3-4-15(20-19-14)21-9-1-2-10-21/h1-4,9-10,13H,5-8,11-12H2,(H,17,19)(H,18,22). The SMILES string of the molecule is O=C(NCCNc1ccc(-n2cccc2)nn1)C1CCOCC1. The van der Waals surface area contributed by atoms with E-state index in [4.69, 9.17) is 4.74 Å². The monoisotopic (exact) mass is 315 g/mol. The molecule has 0 radical (unpaired) electrons. The van der Waals surface area contributed by atoms with E-state index in [1.165, 1.54) is 0 Å². The number of amides is 1. The van der Waals surface area contributed by atoms with E-state index in [9.17, 15) is 4.79 Å². The van der Waals surface area contributed by atoms with Crippen LogP contribution in [0.2, 0.25) is 0 Å². The van der Waals surface area contributed by atoms with Crippen molar-refractivity contribution in [2.45, 2.75) is 12.8 Å². The maximum absolute atomic E-state index is 12.0. The molecule has 0 unspecified atom stereocenters. The summed E-state index contributed by atoms with van der Waals surface area (Å²) in [5.41, 5.74) is 0. The number of rotatable bonds is 6. The smallest absolute Gasteiger partial charge is 0.223 e. The lowest BCUT2D eigenvalue weighted by molar-refractivity contribution is -0.127. The van der Waals surface area contributed by atoms with E-state index in [1.54, 1.807) is 0 Å². The molecule has 3 heterocycles. The third-order valence-electron chi connectivity index (χ3n) is 3.84. The number of nitrogens with one attached hydrogen (secondary N) is 2. The largest absolute Gasteiger partial charge is 0.381 e. The van der Waals surface area contributed by atoms with Gasteiger partial charge in [-0.1, -0.05) is 0 Å². The van der Waals surface area contributed by atoms with Gasteiger partial charge in [-0.25, -0.2) is 0 Å². The van der Waals surface area contributed by atoms with Gasteiger partial charge in [-0.2, -0.15) is 0 Å². The number of ether oxygens (including phenoxy) is 1. The lowest BCUT2D eigenvalue weighted by atomic mass is 9.99. The van der Waals surface area contributed by atoms with Crippen molar-refractivity contribution in [2.24, 2.45) is 5.92 Å². The minimum absolute atomic E-state index is 0.0874. The van der Waals surface area contributed by atoms with Crippen LogP contribution in [0.4, 0.5) is 5.82 Å². The summed E-state index contributed by atoms with van der Waals surface area (Å²) in [4.78, 5) is 12.0. The van der Waals surface area contributed by atoms with Crippen molar-refractivity contribution in [3.8, 4) is 5.82 Å². The van der Waals surface area contributed by atoms with Crippen LogP contribution in [0.3, 0.4) is 0 Å². The number of anilines is 1. The van der Waals surface area contributed by atoms with Gasteiger partial charge < -0.3 is 19.9 Å². The normalized spacial score (nSPS) is 15.3. The third-order valence-corrected chi connectivity index (χ3v) is 3.84. The molecule has 0 atom stereocenters. The average Bonchev–Trinajstić information content (AvgIpc) is 3.14. The second-order valence-corrected chi connectivity index (χ2v) is 5.47. The minimum atomic E-state index is 0.0874. The zero-order valence-electron chi connectivity index (χ0n) is 12.9. The Morgan fingerprint density at radius 3 is 2.65 bits per heavy atom. The van der Waals surface area contributed by atoms with Crippen LogP contribution in [0.25, 0.3) is 5.82 Å². The van der Waals surface area contributed by atoms with E-state index in [-0.39, 0.29) is 11.8 Å². The molecule has 122 valence electrons. The van der Waals surface area contributed by atoms with Gasteiger partial charge in [0.25, 0.3) is 0 Å². The summed E-state index contributed by atoms with van der Waals surface area (Å²) in [5.74, 6) is 1.67. The van der Waals surface area contributed by atoms with Crippen molar-refractivity contribution in [2.75, 3.05) is 31.6 Å². The molecule has 2 aromatic rings. The van der Waals surface area contributed by atoms with Crippen LogP contribution in [-0.2, 0) is 9.53 Å². The van der Waals surface area contributed by atoms with E-state index in [2.05, 4.69) is 20.8 Å². The first kappa shape index (κ1) is 15.5. The van der Waals surface area contributed by atoms with Gasteiger partial charge >= 0.3 is 0 Å². The molecule has 0 saturated carbocycles. The van der Waals surface area contributed by atoms with E-state index in [0.29, 0.717) is 32.1 Å². The predicted octanol–water partition coefficient (Wildman–Crippen LogP) is 1.22. The van der Waals surface area contributed by atoms with Crippen molar-refractivity contribution >= 4 is 11.7 Å². The van der Waals surface area contributed by atoms with Crippen LogP contribution >= 0.6 is 0 Å². The van der Waals surface area contributed by atoms with Gasteiger partial charge in [0.2, 0.25) is 5.91 Å². The molecule has 0 bridgehead atoms. The van der Waals surface area contributed by atoms with Crippen LogP contribution in [0.1, 0.15) is 12.8 Å².